The molecule has 1 heterocycles. The van der Waals surface area contributed by atoms with Crippen molar-refractivity contribution in [3.05, 3.63) is 30.1 Å². The van der Waals surface area contributed by atoms with Crippen molar-refractivity contribution in [1.29, 1.82) is 0 Å². The van der Waals surface area contributed by atoms with Crippen molar-refractivity contribution in [2.45, 2.75) is 4.34 Å². The second-order valence-corrected chi connectivity index (χ2v) is 4.96. The maximum absolute atomic E-state index is 13.5. The first-order chi connectivity index (χ1) is 7.22. The fourth-order valence-electron chi connectivity index (χ4n) is 1.25. The number of halogens is 1. The first kappa shape index (κ1) is 10.4. The van der Waals surface area contributed by atoms with E-state index in [9.17, 15) is 4.39 Å². The Bertz CT molecular complexity index is 482. The van der Waals surface area contributed by atoms with Crippen LogP contribution in [0.4, 0.5) is 9.39 Å². The molecule has 0 atom stereocenters. The zero-order valence-corrected chi connectivity index (χ0v) is 9.66. The minimum absolute atomic E-state index is 0.290. The summed E-state index contributed by atoms with van der Waals surface area (Å²) < 4.78 is 14.3. The van der Waals surface area contributed by atoms with Crippen molar-refractivity contribution in [3.8, 4) is 11.3 Å². The van der Waals surface area contributed by atoms with Gasteiger partial charge in [0.1, 0.15) is 16.5 Å². The average Bonchev–Trinajstić information content (AvgIpc) is 2.60. The Hall–Kier alpha value is -1.07. The quantitative estimate of drug-likeness (QED) is 0.819. The van der Waals surface area contributed by atoms with Crippen LogP contribution in [-0.4, -0.2) is 11.2 Å². The molecular weight excluding hydrogens is 231 g/mol. The Morgan fingerprint density at radius 2 is 2.13 bits per heavy atom. The predicted octanol–water partition coefficient (Wildman–Crippen LogP) is 3.25. The van der Waals surface area contributed by atoms with E-state index in [-0.39, 0.29) is 5.82 Å². The Kier molecular flexibility index (Phi) is 2.93. The van der Waals surface area contributed by atoms with Gasteiger partial charge in [0.2, 0.25) is 0 Å². The van der Waals surface area contributed by atoms with E-state index in [0.29, 0.717) is 16.3 Å². The third kappa shape index (κ3) is 1.98. The van der Waals surface area contributed by atoms with Gasteiger partial charge < -0.3 is 5.73 Å². The summed E-state index contributed by atoms with van der Waals surface area (Å²) in [5.41, 5.74) is 6.80. The Morgan fingerprint density at radius 3 is 2.73 bits per heavy atom. The third-order valence-corrected chi connectivity index (χ3v) is 3.81. The minimum Gasteiger partial charge on any atom is -0.389 e. The summed E-state index contributed by atoms with van der Waals surface area (Å²) in [6, 6.07) is 6.52. The number of benzene rings is 1. The molecule has 5 heteroatoms. The zero-order valence-electron chi connectivity index (χ0n) is 8.03. The largest absolute Gasteiger partial charge is 0.389 e. The smallest absolute Gasteiger partial charge is 0.152 e. The van der Waals surface area contributed by atoms with E-state index in [1.807, 2.05) is 6.26 Å². The van der Waals surface area contributed by atoms with Gasteiger partial charge in [0.05, 0.1) is 0 Å². The maximum atomic E-state index is 13.5. The summed E-state index contributed by atoms with van der Waals surface area (Å²) >= 11 is 2.89. The summed E-state index contributed by atoms with van der Waals surface area (Å²) in [5.74, 6) is -0.290. The number of thioether (sulfide) groups is 1. The number of rotatable bonds is 2. The molecule has 1 aromatic carbocycles. The van der Waals surface area contributed by atoms with E-state index >= 15 is 0 Å². The van der Waals surface area contributed by atoms with Crippen molar-refractivity contribution in [1.82, 2.24) is 4.98 Å². The summed E-state index contributed by atoms with van der Waals surface area (Å²) in [7, 11) is 0. The lowest BCUT2D eigenvalue weighted by atomic mass is 10.1. The van der Waals surface area contributed by atoms with Crippen molar-refractivity contribution in [2.24, 2.45) is 0 Å². The molecule has 0 radical (unpaired) electrons. The van der Waals surface area contributed by atoms with Crippen LogP contribution in [0.2, 0.25) is 0 Å². The van der Waals surface area contributed by atoms with E-state index in [2.05, 4.69) is 4.98 Å². The average molecular weight is 240 g/mol. The molecule has 0 unspecified atom stereocenters. The lowest BCUT2D eigenvalue weighted by molar-refractivity contribution is 0.631. The van der Waals surface area contributed by atoms with Gasteiger partial charge in [-0.3, -0.25) is 0 Å². The Balaban J connectivity index is 2.54. The fourth-order valence-corrected chi connectivity index (χ4v) is 2.61. The first-order valence-corrected chi connectivity index (χ1v) is 6.31. The van der Waals surface area contributed by atoms with Crippen LogP contribution in [-0.2, 0) is 0 Å². The number of anilines is 1. The molecule has 0 spiro atoms. The van der Waals surface area contributed by atoms with Crippen molar-refractivity contribution in [3.63, 3.8) is 0 Å². The standard InChI is InChI=1S/C10H9FN2S2/c1-14-10-13-8(9(12)15-10)6-4-2-3-5-7(6)11/h2-5H,12H2,1H3. The molecule has 0 aliphatic heterocycles. The Morgan fingerprint density at radius 1 is 1.40 bits per heavy atom. The van der Waals surface area contributed by atoms with E-state index in [0.717, 1.165) is 4.34 Å². The number of nitrogens with two attached hydrogens (primary N) is 1. The molecule has 0 saturated carbocycles. The normalized spacial score (nSPS) is 10.5. The van der Waals surface area contributed by atoms with Gasteiger partial charge in [-0.05, 0) is 18.4 Å². The number of hydrogen-bond donors (Lipinski definition) is 1. The predicted molar refractivity (Wildman–Crippen MR) is 63.7 cm³/mol. The summed E-state index contributed by atoms with van der Waals surface area (Å²) in [6.07, 6.45) is 1.92. The van der Waals surface area contributed by atoms with E-state index < -0.39 is 0 Å². The fraction of sp³-hybridized carbons (Fsp3) is 0.100. The topological polar surface area (TPSA) is 38.9 Å². The third-order valence-electron chi connectivity index (χ3n) is 1.94. The van der Waals surface area contributed by atoms with Crippen LogP contribution < -0.4 is 5.73 Å². The van der Waals surface area contributed by atoms with Gasteiger partial charge >= 0.3 is 0 Å². The number of nitrogen functional groups attached to an aromatic ring is 1. The van der Waals surface area contributed by atoms with Crippen molar-refractivity contribution in [2.75, 3.05) is 12.0 Å². The van der Waals surface area contributed by atoms with Crippen LogP contribution in [0.1, 0.15) is 0 Å². The SMILES string of the molecule is CSc1nc(-c2ccccc2F)c(N)s1. The highest BCUT2D eigenvalue weighted by Gasteiger charge is 2.13. The van der Waals surface area contributed by atoms with E-state index in [1.165, 1.54) is 29.2 Å². The van der Waals surface area contributed by atoms with Gasteiger partial charge in [0.25, 0.3) is 0 Å². The molecule has 0 amide bonds. The molecular formula is C10H9FN2S2. The molecule has 2 nitrogen and oxygen atoms in total. The minimum atomic E-state index is -0.290. The molecule has 0 fully saturated rings. The lowest BCUT2D eigenvalue weighted by Gasteiger charge is -1.99. The molecule has 0 saturated heterocycles. The number of nitrogens with zero attached hydrogens (tertiary/aromatic N) is 1. The van der Waals surface area contributed by atoms with E-state index in [1.54, 1.807) is 18.2 Å². The van der Waals surface area contributed by atoms with Crippen LogP contribution in [0.25, 0.3) is 11.3 Å². The van der Waals surface area contributed by atoms with E-state index in [4.69, 9.17) is 5.73 Å². The van der Waals surface area contributed by atoms with Gasteiger partial charge in [-0.15, -0.1) is 0 Å². The van der Waals surface area contributed by atoms with Crippen LogP contribution in [0.15, 0.2) is 28.6 Å². The van der Waals surface area contributed by atoms with Crippen LogP contribution in [0, 0.1) is 5.82 Å². The molecule has 2 aromatic rings. The van der Waals surface area contributed by atoms with Gasteiger partial charge in [-0.1, -0.05) is 35.2 Å². The molecule has 0 aliphatic carbocycles. The second kappa shape index (κ2) is 4.20. The van der Waals surface area contributed by atoms with Gasteiger partial charge in [-0.2, -0.15) is 0 Å². The van der Waals surface area contributed by atoms with Crippen LogP contribution >= 0.6 is 23.1 Å². The molecule has 1 aromatic heterocycles. The highest BCUT2D eigenvalue weighted by Crippen LogP contribution is 2.35. The maximum Gasteiger partial charge on any atom is 0.152 e. The van der Waals surface area contributed by atoms with Gasteiger partial charge in [0.15, 0.2) is 4.34 Å². The highest BCUT2D eigenvalue weighted by molar-refractivity contribution is 8.00. The first-order valence-electron chi connectivity index (χ1n) is 4.27. The lowest BCUT2D eigenvalue weighted by Crippen LogP contribution is -1.88. The number of thiazole rings is 1. The summed E-state index contributed by atoms with van der Waals surface area (Å²) in [4.78, 5) is 4.28. The van der Waals surface area contributed by atoms with Gasteiger partial charge in [-0.25, -0.2) is 9.37 Å². The van der Waals surface area contributed by atoms with Crippen molar-refractivity contribution >= 4 is 28.1 Å². The van der Waals surface area contributed by atoms with Crippen LogP contribution in [0.5, 0.6) is 0 Å². The molecule has 0 aliphatic rings. The van der Waals surface area contributed by atoms with Crippen molar-refractivity contribution < 1.29 is 4.39 Å². The molecule has 78 valence electrons. The molecule has 2 N–H and O–H groups in total. The molecule has 15 heavy (non-hydrogen) atoms. The number of aromatic nitrogens is 1. The zero-order chi connectivity index (χ0) is 10.8. The number of hydrogen-bond acceptors (Lipinski definition) is 4. The second-order valence-electron chi connectivity index (χ2n) is 2.88. The monoisotopic (exact) mass is 240 g/mol. The summed E-state index contributed by atoms with van der Waals surface area (Å²) in [6.45, 7) is 0. The molecule has 0 bridgehead atoms. The highest BCUT2D eigenvalue weighted by atomic mass is 32.2. The Labute approximate surface area is 95.3 Å². The molecule has 2 rings (SSSR count). The summed E-state index contributed by atoms with van der Waals surface area (Å²) in [5, 5.41) is 0.560. The van der Waals surface area contributed by atoms with Gasteiger partial charge in [0, 0.05) is 5.56 Å². The van der Waals surface area contributed by atoms with Crippen LogP contribution in [0.3, 0.4) is 0 Å².